The number of ether oxygens (including phenoxy) is 1. The second-order valence-corrected chi connectivity index (χ2v) is 3.17. The number of rotatable bonds is 5. The summed E-state index contributed by atoms with van der Waals surface area (Å²) in [6, 6.07) is 0. The molecule has 0 fully saturated rings. The zero-order valence-corrected chi connectivity index (χ0v) is 8.59. The molecule has 0 atom stereocenters. The number of amides is 1. The zero-order valence-electron chi connectivity index (χ0n) is 8.59. The quantitative estimate of drug-likeness (QED) is 0.400. The summed E-state index contributed by atoms with van der Waals surface area (Å²) in [7, 11) is 1.49. The van der Waals surface area contributed by atoms with Crippen molar-refractivity contribution in [2.75, 3.05) is 13.7 Å². The summed E-state index contributed by atoms with van der Waals surface area (Å²) in [6.07, 6.45) is 1.37. The Bertz CT molecular complexity index is 187. The number of carbonyl (C=O) groups is 1. The van der Waals surface area contributed by atoms with Crippen LogP contribution in [0.25, 0.3) is 0 Å². The Morgan fingerprint density at radius 2 is 2.15 bits per heavy atom. The number of carbonyl (C=O) groups excluding carboxylic acids is 1. The molecular weight excluding hydrogens is 170 g/mol. The minimum atomic E-state index is -0.275. The van der Waals surface area contributed by atoms with Crippen LogP contribution >= 0.6 is 0 Å². The first kappa shape index (κ1) is 12.0. The number of hydrogen-bond acceptors (Lipinski definition) is 3. The van der Waals surface area contributed by atoms with Crippen molar-refractivity contribution in [3.8, 4) is 0 Å². The van der Waals surface area contributed by atoms with Gasteiger partial charge < -0.3 is 4.74 Å². The maximum atomic E-state index is 11.1. The molecule has 0 saturated carbocycles. The number of hydroxylamine groups is 1. The molecule has 0 unspecified atom stereocenters. The van der Waals surface area contributed by atoms with E-state index in [4.69, 9.17) is 4.84 Å². The van der Waals surface area contributed by atoms with Crippen molar-refractivity contribution < 1.29 is 14.4 Å². The summed E-state index contributed by atoms with van der Waals surface area (Å²) in [5, 5.41) is 0. The summed E-state index contributed by atoms with van der Waals surface area (Å²) in [6.45, 7) is 6.16. The Balaban J connectivity index is 3.69. The molecule has 0 radical (unpaired) electrons. The third kappa shape index (κ3) is 6.16. The molecule has 0 aromatic rings. The number of hydrogen-bond donors (Lipinski definition) is 1. The first-order chi connectivity index (χ1) is 6.07. The summed E-state index contributed by atoms with van der Waals surface area (Å²) < 4.78 is 4.67. The topological polar surface area (TPSA) is 47.6 Å². The predicted molar refractivity (Wildman–Crippen MR) is 49.7 cm³/mol. The maximum Gasteiger partial charge on any atom is 0.273 e. The van der Waals surface area contributed by atoms with Crippen molar-refractivity contribution in [1.29, 1.82) is 0 Å². The normalized spacial score (nSPS) is 11.6. The van der Waals surface area contributed by atoms with E-state index in [1.165, 1.54) is 13.4 Å². The molecule has 76 valence electrons. The highest BCUT2D eigenvalue weighted by Gasteiger charge is 2.03. The van der Waals surface area contributed by atoms with Crippen molar-refractivity contribution in [3.05, 3.63) is 11.8 Å². The maximum absolute atomic E-state index is 11.1. The standard InChI is InChI=1S/C9H17NO3/c1-7(2)5-13-10-9(11)8(3)6-12-4/h6-7H,5H2,1-4H3,(H,10,11). The summed E-state index contributed by atoms with van der Waals surface area (Å²) in [5.41, 5.74) is 2.79. The fourth-order valence-corrected chi connectivity index (χ4v) is 0.585. The minimum Gasteiger partial charge on any atom is -0.504 e. The molecule has 0 saturated heterocycles. The van der Waals surface area contributed by atoms with Crippen molar-refractivity contribution in [1.82, 2.24) is 5.48 Å². The molecule has 0 aromatic carbocycles. The first-order valence-electron chi connectivity index (χ1n) is 4.19. The molecule has 1 amide bonds. The Labute approximate surface area is 78.9 Å². The van der Waals surface area contributed by atoms with E-state index in [0.717, 1.165) is 0 Å². The molecule has 0 bridgehead atoms. The van der Waals surface area contributed by atoms with E-state index in [1.54, 1.807) is 6.92 Å². The fraction of sp³-hybridized carbons (Fsp3) is 0.667. The van der Waals surface area contributed by atoms with Crippen LogP contribution in [0.1, 0.15) is 20.8 Å². The lowest BCUT2D eigenvalue weighted by Crippen LogP contribution is -2.26. The van der Waals surface area contributed by atoms with Gasteiger partial charge in [-0.1, -0.05) is 13.8 Å². The fourth-order valence-electron chi connectivity index (χ4n) is 0.585. The van der Waals surface area contributed by atoms with E-state index in [0.29, 0.717) is 18.1 Å². The second-order valence-electron chi connectivity index (χ2n) is 3.17. The monoisotopic (exact) mass is 187 g/mol. The van der Waals surface area contributed by atoms with Crippen LogP contribution in [0.5, 0.6) is 0 Å². The summed E-state index contributed by atoms with van der Waals surface area (Å²) in [5.74, 6) is 0.120. The predicted octanol–water partition coefficient (Wildman–Crippen LogP) is 1.24. The Hall–Kier alpha value is -1.03. The average Bonchev–Trinajstić information content (AvgIpc) is 2.04. The van der Waals surface area contributed by atoms with Crippen LogP contribution in [-0.2, 0) is 14.4 Å². The van der Waals surface area contributed by atoms with E-state index in [1.807, 2.05) is 13.8 Å². The van der Waals surface area contributed by atoms with Crippen molar-refractivity contribution in [2.24, 2.45) is 5.92 Å². The lowest BCUT2D eigenvalue weighted by atomic mass is 10.2. The lowest BCUT2D eigenvalue weighted by molar-refractivity contribution is -0.130. The van der Waals surface area contributed by atoms with Crippen LogP contribution in [0.2, 0.25) is 0 Å². The van der Waals surface area contributed by atoms with Gasteiger partial charge in [0.2, 0.25) is 0 Å². The first-order valence-corrected chi connectivity index (χ1v) is 4.19. The molecule has 0 rings (SSSR count). The van der Waals surface area contributed by atoms with Crippen LogP contribution in [0.4, 0.5) is 0 Å². The van der Waals surface area contributed by atoms with Gasteiger partial charge in [0.25, 0.3) is 5.91 Å². The third-order valence-corrected chi connectivity index (χ3v) is 1.23. The van der Waals surface area contributed by atoms with Crippen LogP contribution in [0.3, 0.4) is 0 Å². The smallest absolute Gasteiger partial charge is 0.273 e. The van der Waals surface area contributed by atoms with Gasteiger partial charge >= 0.3 is 0 Å². The van der Waals surface area contributed by atoms with Gasteiger partial charge in [-0.25, -0.2) is 5.48 Å². The van der Waals surface area contributed by atoms with Crippen LogP contribution < -0.4 is 5.48 Å². The Morgan fingerprint density at radius 3 is 2.62 bits per heavy atom. The Morgan fingerprint density at radius 1 is 1.54 bits per heavy atom. The number of methoxy groups -OCH3 is 1. The number of nitrogens with one attached hydrogen (secondary N) is 1. The SMILES string of the molecule is COC=C(C)C(=O)NOCC(C)C. The highest BCUT2D eigenvalue weighted by molar-refractivity contribution is 5.91. The molecule has 0 aliphatic carbocycles. The third-order valence-electron chi connectivity index (χ3n) is 1.23. The van der Waals surface area contributed by atoms with Crippen LogP contribution in [0, 0.1) is 5.92 Å². The highest BCUT2D eigenvalue weighted by atomic mass is 16.7. The van der Waals surface area contributed by atoms with E-state index < -0.39 is 0 Å². The lowest BCUT2D eigenvalue weighted by Gasteiger charge is -2.07. The van der Waals surface area contributed by atoms with Crippen LogP contribution in [-0.4, -0.2) is 19.6 Å². The molecule has 0 heterocycles. The van der Waals surface area contributed by atoms with Gasteiger partial charge in [-0.2, -0.15) is 0 Å². The molecule has 13 heavy (non-hydrogen) atoms. The largest absolute Gasteiger partial charge is 0.504 e. The van der Waals surface area contributed by atoms with E-state index in [9.17, 15) is 4.79 Å². The molecule has 0 aliphatic heterocycles. The van der Waals surface area contributed by atoms with E-state index >= 15 is 0 Å². The van der Waals surface area contributed by atoms with Gasteiger partial charge in [-0.15, -0.1) is 0 Å². The molecule has 1 N–H and O–H groups in total. The van der Waals surface area contributed by atoms with Crippen molar-refractivity contribution in [3.63, 3.8) is 0 Å². The van der Waals surface area contributed by atoms with Gasteiger partial charge in [0.1, 0.15) is 0 Å². The van der Waals surface area contributed by atoms with Gasteiger partial charge in [0, 0.05) is 0 Å². The van der Waals surface area contributed by atoms with Gasteiger partial charge in [-0.3, -0.25) is 9.63 Å². The van der Waals surface area contributed by atoms with Gasteiger partial charge in [0.05, 0.1) is 25.6 Å². The van der Waals surface area contributed by atoms with Gasteiger partial charge in [0.15, 0.2) is 0 Å². The molecule has 0 aromatic heterocycles. The molecule has 4 heteroatoms. The molecular formula is C9H17NO3. The Kier molecular flexibility index (Phi) is 5.97. The van der Waals surface area contributed by atoms with E-state index in [2.05, 4.69) is 10.2 Å². The second kappa shape index (κ2) is 6.48. The van der Waals surface area contributed by atoms with Crippen molar-refractivity contribution >= 4 is 5.91 Å². The molecule has 0 spiro atoms. The minimum absolute atomic E-state index is 0.275. The van der Waals surface area contributed by atoms with E-state index in [-0.39, 0.29) is 5.91 Å². The van der Waals surface area contributed by atoms with Gasteiger partial charge in [-0.05, 0) is 12.8 Å². The summed E-state index contributed by atoms with van der Waals surface area (Å²) >= 11 is 0. The molecule has 0 aliphatic rings. The van der Waals surface area contributed by atoms with Crippen LogP contribution in [0.15, 0.2) is 11.8 Å². The zero-order chi connectivity index (χ0) is 10.3. The highest BCUT2D eigenvalue weighted by Crippen LogP contribution is 1.94. The average molecular weight is 187 g/mol. The summed E-state index contributed by atoms with van der Waals surface area (Å²) in [4.78, 5) is 16.1. The van der Waals surface area contributed by atoms with Crippen molar-refractivity contribution in [2.45, 2.75) is 20.8 Å². The molecule has 4 nitrogen and oxygen atoms in total.